The summed E-state index contributed by atoms with van der Waals surface area (Å²) in [6.07, 6.45) is 2.08. The smallest absolute Gasteiger partial charge is 0.167 e. The summed E-state index contributed by atoms with van der Waals surface area (Å²) in [6, 6.07) is 16.7. The van der Waals surface area contributed by atoms with E-state index in [-0.39, 0.29) is 5.41 Å². The van der Waals surface area contributed by atoms with Gasteiger partial charge < -0.3 is 4.72 Å². The number of rotatable bonds is 4. The van der Waals surface area contributed by atoms with Crippen LogP contribution in [0.15, 0.2) is 75.2 Å². The first-order chi connectivity index (χ1) is 13.8. The molecule has 0 aromatic heterocycles. The van der Waals surface area contributed by atoms with Crippen LogP contribution in [0.3, 0.4) is 0 Å². The van der Waals surface area contributed by atoms with Gasteiger partial charge in [-0.15, -0.1) is 5.10 Å². The van der Waals surface area contributed by atoms with Gasteiger partial charge >= 0.3 is 0 Å². The highest BCUT2D eigenvalue weighted by molar-refractivity contribution is 7.98. The molecule has 0 bridgehead atoms. The summed E-state index contributed by atoms with van der Waals surface area (Å²) >= 11 is 1.56. The quantitative estimate of drug-likeness (QED) is 0.621. The number of nitrogens with zero attached hydrogens (tertiary/aromatic N) is 3. The number of hydrogen-bond donors (Lipinski definition) is 1. The Hall–Kier alpha value is -2.53. The van der Waals surface area contributed by atoms with E-state index < -0.39 is 0 Å². The van der Waals surface area contributed by atoms with E-state index in [0.29, 0.717) is 0 Å². The number of amidine groups is 2. The lowest BCUT2D eigenvalue weighted by atomic mass is 9.97. The van der Waals surface area contributed by atoms with Crippen LogP contribution >= 0.6 is 11.9 Å². The van der Waals surface area contributed by atoms with Crippen LogP contribution in [0.5, 0.6) is 0 Å². The molecule has 0 fully saturated rings. The van der Waals surface area contributed by atoms with Gasteiger partial charge in [-0.25, -0.2) is 5.01 Å². The number of anilines is 1. The predicted octanol–water partition coefficient (Wildman–Crippen LogP) is 6.12. The number of nitrogens with one attached hydrogen (secondary N) is 1. The van der Waals surface area contributed by atoms with Crippen LogP contribution < -0.4 is 9.73 Å². The molecule has 29 heavy (non-hydrogen) atoms. The maximum Gasteiger partial charge on any atom is 0.167 e. The molecule has 0 saturated carbocycles. The summed E-state index contributed by atoms with van der Waals surface area (Å²) in [6.45, 7) is 13.6. The molecule has 4 nitrogen and oxygen atoms in total. The monoisotopic (exact) mass is 406 g/mol. The number of aryl methyl sites for hydroxylation is 2. The molecule has 0 amide bonds. The zero-order valence-electron chi connectivity index (χ0n) is 18.2. The molecule has 1 N–H and O–H groups in total. The molecule has 0 atom stereocenters. The van der Waals surface area contributed by atoms with E-state index in [1.54, 1.807) is 11.9 Å². The van der Waals surface area contributed by atoms with Gasteiger partial charge in [0.05, 0.1) is 11.3 Å². The van der Waals surface area contributed by atoms with Gasteiger partial charge in [0.25, 0.3) is 0 Å². The number of benzene rings is 2. The van der Waals surface area contributed by atoms with Crippen LogP contribution in [0.1, 0.15) is 38.8 Å². The first-order valence-electron chi connectivity index (χ1n) is 9.93. The fourth-order valence-corrected chi connectivity index (χ4v) is 3.73. The number of hydrogen-bond acceptors (Lipinski definition) is 4. The normalized spacial score (nSPS) is 17.2. The highest BCUT2D eigenvalue weighted by Gasteiger charge is 2.29. The number of hydrazone groups is 1. The fraction of sp³-hybridized carbons (Fsp3) is 0.333. The maximum absolute atomic E-state index is 4.98. The molecule has 3 rings (SSSR count). The minimum absolute atomic E-state index is 0.106. The van der Waals surface area contributed by atoms with E-state index in [4.69, 9.17) is 10.1 Å². The Labute approximate surface area is 179 Å². The van der Waals surface area contributed by atoms with Gasteiger partial charge in [-0.3, -0.25) is 4.99 Å². The van der Waals surface area contributed by atoms with Gasteiger partial charge in [0, 0.05) is 11.4 Å². The third-order valence-corrected chi connectivity index (χ3v) is 5.15. The van der Waals surface area contributed by atoms with Crippen molar-refractivity contribution in [3.8, 4) is 0 Å². The highest BCUT2D eigenvalue weighted by atomic mass is 32.2. The van der Waals surface area contributed by atoms with Crippen LogP contribution in [0.4, 0.5) is 5.69 Å². The van der Waals surface area contributed by atoms with Crippen LogP contribution in [-0.4, -0.2) is 18.2 Å². The van der Waals surface area contributed by atoms with E-state index in [2.05, 4.69) is 75.7 Å². The minimum atomic E-state index is 0.106. The molecule has 0 saturated heterocycles. The van der Waals surface area contributed by atoms with Gasteiger partial charge in [-0.2, -0.15) is 0 Å². The lowest BCUT2D eigenvalue weighted by Gasteiger charge is -2.20. The van der Waals surface area contributed by atoms with Crippen molar-refractivity contribution in [3.63, 3.8) is 0 Å². The van der Waals surface area contributed by atoms with E-state index in [9.17, 15) is 0 Å². The van der Waals surface area contributed by atoms with Crippen LogP contribution in [0.2, 0.25) is 0 Å². The molecule has 1 aliphatic rings. The average molecular weight is 407 g/mol. The molecule has 0 aliphatic carbocycles. The Balaban J connectivity index is 1.97. The topological polar surface area (TPSA) is 40.0 Å². The van der Waals surface area contributed by atoms with Crippen molar-refractivity contribution in [2.75, 3.05) is 11.6 Å². The molecule has 0 spiro atoms. The van der Waals surface area contributed by atoms with Gasteiger partial charge in [-0.05, 0) is 73.5 Å². The van der Waals surface area contributed by atoms with Crippen molar-refractivity contribution in [3.05, 3.63) is 71.3 Å². The standard InChI is InChI=1S/C24H30N4S/c1-7-21-22(27-29-20-11-9-8-10-12-20)26-28(23(21)25-16-24(4,5)6)19-14-17(2)13-18(3)15-19/h7-15H,16H2,1-6H3,(H,26,27)/b21-7-,25-23?. The Morgan fingerprint density at radius 1 is 1.07 bits per heavy atom. The van der Waals surface area contributed by atoms with E-state index in [1.165, 1.54) is 11.1 Å². The van der Waals surface area contributed by atoms with Gasteiger partial charge in [0.2, 0.25) is 0 Å². The summed E-state index contributed by atoms with van der Waals surface area (Å²) < 4.78 is 3.43. The van der Waals surface area contributed by atoms with Crippen molar-refractivity contribution < 1.29 is 0 Å². The molecule has 1 heterocycles. The second-order valence-electron chi connectivity index (χ2n) is 8.53. The molecule has 152 valence electrons. The fourth-order valence-electron chi connectivity index (χ4n) is 3.08. The lowest BCUT2D eigenvalue weighted by Crippen LogP contribution is -2.25. The Morgan fingerprint density at radius 2 is 1.72 bits per heavy atom. The van der Waals surface area contributed by atoms with E-state index in [1.807, 2.05) is 30.1 Å². The lowest BCUT2D eigenvalue weighted by molar-refractivity contribution is 0.429. The first kappa shape index (κ1) is 21.2. The molecular weight excluding hydrogens is 376 g/mol. The highest BCUT2D eigenvalue weighted by Crippen LogP contribution is 2.28. The average Bonchev–Trinajstić information content (AvgIpc) is 3.02. The molecule has 2 aromatic rings. The van der Waals surface area contributed by atoms with Crippen molar-refractivity contribution in [1.82, 2.24) is 4.72 Å². The van der Waals surface area contributed by atoms with Gasteiger partial charge in [0.1, 0.15) is 0 Å². The predicted molar refractivity (Wildman–Crippen MR) is 127 cm³/mol. The molecule has 1 aliphatic heterocycles. The SMILES string of the molecule is C/C=C1/C(NSc2ccccc2)=NN(c2cc(C)cc(C)c2)C1=NCC(C)(C)C. The summed E-state index contributed by atoms with van der Waals surface area (Å²) in [7, 11) is 0. The molecular formula is C24H30N4S. The summed E-state index contributed by atoms with van der Waals surface area (Å²) in [5.41, 5.74) is 4.60. The summed E-state index contributed by atoms with van der Waals surface area (Å²) in [5, 5.41) is 6.88. The first-order valence-corrected chi connectivity index (χ1v) is 10.7. The van der Waals surface area contributed by atoms with Crippen LogP contribution in [0, 0.1) is 19.3 Å². The molecule has 0 radical (unpaired) electrons. The van der Waals surface area contributed by atoms with Crippen molar-refractivity contribution in [1.29, 1.82) is 0 Å². The van der Waals surface area contributed by atoms with Crippen molar-refractivity contribution in [2.24, 2.45) is 15.5 Å². The molecule has 0 unspecified atom stereocenters. The van der Waals surface area contributed by atoms with Crippen LogP contribution in [-0.2, 0) is 0 Å². The second kappa shape index (κ2) is 8.87. The number of allylic oxidation sites excluding steroid dienone is 1. The Kier molecular flexibility index (Phi) is 6.48. The Morgan fingerprint density at radius 3 is 2.31 bits per heavy atom. The summed E-state index contributed by atoms with van der Waals surface area (Å²) in [4.78, 5) is 6.12. The van der Waals surface area contributed by atoms with Gasteiger partial charge in [0.15, 0.2) is 11.7 Å². The zero-order chi connectivity index (χ0) is 21.0. The molecule has 2 aromatic carbocycles. The van der Waals surface area contributed by atoms with E-state index >= 15 is 0 Å². The molecule has 5 heteroatoms. The minimum Gasteiger partial charge on any atom is -0.308 e. The van der Waals surface area contributed by atoms with E-state index in [0.717, 1.165) is 34.4 Å². The van der Waals surface area contributed by atoms with Crippen LogP contribution in [0.25, 0.3) is 0 Å². The second-order valence-corrected chi connectivity index (χ2v) is 9.41. The third kappa shape index (κ3) is 5.51. The summed E-state index contributed by atoms with van der Waals surface area (Å²) in [5.74, 6) is 1.72. The van der Waals surface area contributed by atoms with Gasteiger partial charge in [-0.1, -0.05) is 51.1 Å². The Bertz CT molecular complexity index is 932. The largest absolute Gasteiger partial charge is 0.308 e. The van der Waals surface area contributed by atoms with Crippen molar-refractivity contribution in [2.45, 2.75) is 46.4 Å². The maximum atomic E-state index is 4.98. The third-order valence-electron chi connectivity index (χ3n) is 4.35. The number of aliphatic imine (C=N–C) groups is 1. The van der Waals surface area contributed by atoms with Crippen molar-refractivity contribution >= 4 is 29.3 Å². The zero-order valence-corrected chi connectivity index (χ0v) is 19.0.